The van der Waals surface area contributed by atoms with E-state index in [0.717, 1.165) is 11.8 Å². The summed E-state index contributed by atoms with van der Waals surface area (Å²) in [6, 6.07) is 7.86. The Labute approximate surface area is 68.3 Å². The van der Waals surface area contributed by atoms with E-state index in [1.54, 1.807) is 0 Å². The molecular weight excluding hydrogens is 217 g/mol. The van der Waals surface area contributed by atoms with Crippen LogP contribution in [0.1, 0.15) is 0 Å². The molecule has 0 aliphatic carbocycles. The van der Waals surface area contributed by atoms with Gasteiger partial charge in [-0.3, -0.25) is 0 Å². The molecule has 1 aromatic carbocycles. The molecule has 0 heterocycles. The number of halogens is 1. The third kappa shape index (κ3) is 2.20. The zero-order chi connectivity index (χ0) is 6.69. The second-order valence-corrected chi connectivity index (χ2v) is 4.11. The van der Waals surface area contributed by atoms with E-state index in [9.17, 15) is 0 Å². The zero-order valence-corrected chi connectivity index (χ0v) is 8.06. The molecule has 1 unspecified atom stereocenters. The van der Waals surface area contributed by atoms with Crippen molar-refractivity contribution in [1.82, 2.24) is 0 Å². The van der Waals surface area contributed by atoms with Gasteiger partial charge >= 0.3 is 68.1 Å². The van der Waals surface area contributed by atoms with E-state index >= 15 is 0 Å². The summed E-state index contributed by atoms with van der Waals surface area (Å²) >= 11 is 8.62. The number of hydrogen-bond acceptors (Lipinski definition) is 0. The SMILES string of the molecule is Clc1ccc([PH+]=[Se])cc1. The third-order valence-electron chi connectivity index (χ3n) is 0.962. The van der Waals surface area contributed by atoms with Crippen LogP contribution in [0.15, 0.2) is 24.3 Å². The summed E-state index contributed by atoms with van der Waals surface area (Å²) in [5.41, 5.74) is 0. The van der Waals surface area contributed by atoms with Gasteiger partial charge in [-0.25, -0.2) is 0 Å². The third-order valence-corrected chi connectivity index (χ3v) is 3.27. The maximum absolute atomic E-state index is 5.66. The van der Waals surface area contributed by atoms with Crippen LogP contribution in [0.5, 0.6) is 0 Å². The second kappa shape index (κ2) is 3.49. The van der Waals surface area contributed by atoms with Gasteiger partial charge in [-0.15, -0.1) is 0 Å². The van der Waals surface area contributed by atoms with Crippen LogP contribution in [0.25, 0.3) is 0 Å². The topological polar surface area (TPSA) is 0 Å². The minimum atomic E-state index is 0.743. The fraction of sp³-hybridized carbons (Fsp3) is 0. The number of benzene rings is 1. The molecule has 1 aromatic rings. The van der Waals surface area contributed by atoms with Crippen LogP contribution in [0.4, 0.5) is 0 Å². The Morgan fingerprint density at radius 3 is 2.22 bits per heavy atom. The average Bonchev–Trinajstić information content (AvgIpc) is 1.90. The molecular formula is C6H5ClPSe+. The van der Waals surface area contributed by atoms with E-state index in [1.807, 2.05) is 24.3 Å². The van der Waals surface area contributed by atoms with Crippen molar-refractivity contribution in [1.29, 1.82) is 0 Å². The van der Waals surface area contributed by atoms with Gasteiger partial charge in [0.2, 0.25) is 0 Å². The molecule has 1 atom stereocenters. The summed E-state index contributed by atoms with van der Waals surface area (Å²) in [6.45, 7) is 0.743. The molecule has 0 bridgehead atoms. The van der Waals surface area contributed by atoms with Gasteiger partial charge in [0.15, 0.2) is 0 Å². The molecule has 0 spiro atoms. The van der Waals surface area contributed by atoms with E-state index in [4.69, 9.17) is 11.6 Å². The van der Waals surface area contributed by atoms with Gasteiger partial charge in [-0.1, -0.05) is 0 Å². The zero-order valence-electron chi connectivity index (χ0n) is 4.60. The summed E-state index contributed by atoms with van der Waals surface area (Å²) in [4.78, 5) is 0. The molecule has 0 saturated heterocycles. The molecule has 0 radical (unpaired) electrons. The quantitative estimate of drug-likeness (QED) is 0.501. The molecule has 0 amide bonds. The molecule has 0 aliphatic rings. The summed E-state index contributed by atoms with van der Waals surface area (Å²) in [6.07, 6.45) is 0. The maximum atomic E-state index is 5.66. The van der Waals surface area contributed by atoms with E-state index in [-0.39, 0.29) is 0 Å². The van der Waals surface area contributed by atoms with Crippen LogP contribution >= 0.6 is 18.4 Å². The van der Waals surface area contributed by atoms with E-state index < -0.39 is 0 Å². The van der Waals surface area contributed by atoms with Gasteiger partial charge < -0.3 is 0 Å². The Morgan fingerprint density at radius 1 is 1.22 bits per heavy atom. The van der Waals surface area contributed by atoms with Crippen molar-refractivity contribution >= 4 is 38.8 Å². The first-order valence-corrected chi connectivity index (χ1v) is 6.32. The van der Waals surface area contributed by atoms with Gasteiger partial charge in [0.05, 0.1) is 0 Å². The Kier molecular flexibility index (Phi) is 2.88. The van der Waals surface area contributed by atoms with Gasteiger partial charge in [0, 0.05) is 0 Å². The molecule has 3 heteroatoms. The van der Waals surface area contributed by atoms with Gasteiger partial charge in [-0.05, 0) is 0 Å². The number of rotatable bonds is 1. The van der Waals surface area contributed by atoms with E-state index in [1.165, 1.54) is 5.30 Å². The van der Waals surface area contributed by atoms with Gasteiger partial charge in [-0.2, -0.15) is 0 Å². The fourth-order valence-electron chi connectivity index (χ4n) is 0.518. The van der Waals surface area contributed by atoms with Crippen molar-refractivity contribution in [3.63, 3.8) is 0 Å². The second-order valence-electron chi connectivity index (χ2n) is 1.61. The Bertz CT molecular complexity index is 207. The summed E-state index contributed by atoms with van der Waals surface area (Å²) < 4.78 is 0. The van der Waals surface area contributed by atoms with Crippen molar-refractivity contribution in [2.24, 2.45) is 0 Å². The number of hydrogen-bond donors (Lipinski definition) is 0. The summed E-state index contributed by atoms with van der Waals surface area (Å²) in [7, 11) is 0. The van der Waals surface area contributed by atoms with Crippen molar-refractivity contribution in [3.05, 3.63) is 29.3 Å². The monoisotopic (exact) mass is 223 g/mol. The minimum absolute atomic E-state index is 0.743. The van der Waals surface area contributed by atoms with Crippen LogP contribution in [0, 0.1) is 0 Å². The molecule has 0 fully saturated rings. The standard InChI is InChI=1S/C6H4ClPSe/c7-5-1-3-6(8-9)4-2-5/h1-4H/p+1. The predicted molar refractivity (Wildman–Crippen MR) is 45.2 cm³/mol. The van der Waals surface area contributed by atoms with Crippen LogP contribution in [-0.4, -0.2) is 15.1 Å². The van der Waals surface area contributed by atoms with Crippen molar-refractivity contribution in [3.8, 4) is 0 Å². The van der Waals surface area contributed by atoms with Crippen molar-refractivity contribution in [2.75, 3.05) is 0 Å². The molecule has 0 aliphatic heterocycles. The molecule has 1 rings (SSSR count). The van der Waals surface area contributed by atoms with Crippen LogP contribution in [0.3, 0.4) is 0 Å². The molecule has 46 valence electrons. The van der Waals surface area contributed by atoms with Crippen LogP contribution in [0.2, 0.25) is 5.02 Å². The predicted octanol–water partition coefficient (Wildman–Crippen LogP) is 1.73. The molecule has 0 nitrogen and oxygen atoms in total. The van der Waals surface area contributed by atoms with E-state index in [2.05, 4.69) is 15.1 Å². The summed E-state index contributed by atoms with van der Waals surface area (Å²) in [5, 5.41) is 2.11. The average molecular weight is 222 g/mol. The molecule has 0 aromatic heterocycles. The van der Waals surface area contributed by atoms with E-state index in [0.29, 0.717) is 0 Å². The normalized spacial score (nSPS) is 9.89. The molecule has 0 N–H and O–H groups in total. The first kappa shape index (κ1) is 7.44. The van der Waals surface area contributed by atoms with Crippen molar-refractivity contribution < 1.29 is 0 Å². The van der Waals surface area contributed by atoms with Crippen LogP contribution in [-0.2, 0) is 0 Å². The van der Waals surface area contributed by atoms with Gasteiger partial charge in [0.25, 0.3) is 0 Å². The Hall–Kier alpha value is 0.329. The van der Waals surface area contributed by atoms with Crippen molar-refractivity contribution in [2.45, 2.75) is 0 Å². The Balaban J connectivity index is 3.01. The van der Waals surface area contributed by atoms with Crippen LogP contribution < -0.4 is 5.30 Å². The van der Waals surface area contributed by atoms with Gasteiger partial charge in [0.1, 0.15) is 0 Å². The first-order valence-electron chi connectivity index (χ1n) is 2.46. The fourth-order valence-corrected chi connectivity index (χ4v) is 1.80. The first-order chi connectivity index (χ1) is 4.33. The molecule has 9 heavy (non-hydrogen) atoms. The summed E-state index contributed by atoms with van der Waals surface area (Å²) in [5.74, 6) is 0. The molecule has 0 saturated carbocycles. The Morgan fingerprint density at radius 2 is 1.78 bits per heavy atom.